The van der Waals surface area contributed by atoms with E-state index >= 15 is 0 Å². The molecule has 4 aromatic rings. The van der Waals surface area contributed by atoms with E-state index in [2.05, 4.69) is 15.4 Å². The Morgan fingerprint density at radius 1 is 1.23 bits per heavy atom. The minimum absolute atomic E-state index is 0.0313. The van der Waals surface area contributed by atoms with Gasteiger partial charge in [-0.05, 0) is 55.7 Å². The summed E-state index contributed by atoms with van der Waals surface area (Å²) in [6.07, 6.45) is 6.44. The van der Waals surface area contributed by atoms with Gasteiger partial charge in [-0.3, -0.25) is 4.79 Å². The number of nitrogens with zero attached hydrogens (tertiary/aromatic N) is 4. The summed E-state index contributed by atoms with van der Waals surface area (Å²) >= 11 is 1.44. The van der Waals surface area contributed by atoms with Gasteiger partial charge in [0.2, 0.25) is 0 Å². The van der Waals surface area contributed by atoms with Crippen LogP contribution in [0.5, 0.6) is 0 Å². The number of amides is 1. The van der Waals surface area contributed by atoms with Crippen LogP contribution in [0.1, 0.15) is 29.6 Å². The third-order valence-electron chi connectivity index (χ3n) is 5.84. The van der Waals surface area contributed by atoms with Gasteiger partial charge in [0.25, 0.3) is 5.91 Å². The average molecular weight is 436 g/mol. The van der Waals surface area contributed by atoms with Crippen molar-refractivity contribution in [3.05, 3.63) is 72.3 Å². The summed E-state index contributed by atoms with van der Waals surface area (Å²) in [5.74, 6) is -0.293. The Kier molecular flexibility index (Phi) is 5.15. The summed E-state index contributed by atoms with van der Waals surface area (Å²) in [6.45, 7) is 0. The molecule has 2 heterocycles. The lowest BCUT2D eigenvalue weighted by Gasteiger charge is -2.30. The lowest BCUT2D eigenvalue weighted by Crippen LogP contribution is -2.44. The lowest BCUT2D eigenvalue weighted by molar-refractivity contribution is 0.0727. The van der Waals surface area contributed by atoms with Crippen molar-refractivity contribution < 1.29 is 9.18 Å². The van der Waals surface area contributed by atoms with Crippen LogP contribution in [0.3, 0.4) is 0 Å². The maximum atomic E-state index is 13.5. The molecule has 1 aliphatic carbocycles. The molecule has 0 saturated heterocycles. The number of aromatic nitrogens is 3. The number of benzene rings is 2. The van der Waals surface area contributed by atoms with Gasteiger partial charge >= 0.3 is 0 Å². The smallest absolute Gasteiger partial charge is 0.256 e. The lowest BCUT2D eigenvalue weighted by atomic mass is 10.1. The standard InChI is InChI=1S/C23H22FN5OS/c1-28(22(30)16-6-2-3-8-19(16)29-13-5-12-25-29)20-9-4-7-17(20)26-23-27-18-11-10-15(24)14-21(18)31-23/h2-3,5-6,8,10-14,17,20H,4,7,9H2,1H3,(H,26,27)/t17-,20+/m1/s1. The highest BCUT2D eigenvalue weighted by molar-refractivity contribution is 7.22. The van der Waals surface area contributed by atoms with Crippen LogP contribution < -0.4 is 5.32 Å². The molecular formula is C23H22FN5OS. The molecule has 6 nitrogen and oxygen atoms in total. The van der Waals surface area contributed by atoms with Gasteiger partial charge in [0.15, 0.2) is 5.13 Å². The molecule has 1 N–H and O–H groups in total. The minimum Gasteiger partial charge on any atom is -0.357 e. The molecule has 31 heavy (non-hydrogen) atoms. The van der Waals surface area contributed by atoms with Gasteiger partial charge in [0.05, 0.1) is 27.5 Å². The Hall–Kier alpha value is -3.26. The Bertz CT molecular complexity index is 1220. The molecule has 1 aliphatic rings. The monoisotopic (exact) mass is 435 g/mol. The number of likely N-dealkylation sites (N-methyl/N-ethyl adjacent to an activating group) is 1. The van der Waals surface area contributed by atoms with Crippen LogP contribution in [-0.4, -0.2) is 44.7 Å². The first-order valence-electron chi connectivity index (χ1n) is 10.3. The van der Waals surface area contributed by atoms with Crippen LogP contribution >= 0.6 is 11.3 Å². The van der Waals surface area contributed by atoms with Crippen LogP contribution in [0.4, 0.5) is 9.52 Å². The Morgan fingerprint density at radius 3 is 2.94 bits per heavy atom. The fraction of sp³-hybridized carbons (Fsp3) is 0.261. The van der Waals surface area contributed by atoms with E-state index < -0.39 is 0 Å². The largest absolute Gasteiger partial charge is 0.357 e. The van der Waals surface area contributed by atoms with Crippen molar-refractivity contribution in [2.45, 2.75) is 31.3 Å². The van der Waals surface area contributed by atoms with Crippen LogP contribution in [0.2, 0.25) is 0 Å². The minimum atomic E-state index is -0.261. The number of anilines is 1. The van der Waals surface area contributed by atoms with Gasteiger partial charge in [-0.2, -0.15) is 5.10 Å². The van der Waals surface area contributed by atoms with E-state index in [0.717, 1.165) is 40.3 Å². The maximum absolute atomic E-state index is 13.5. The zero-order valence-corrected chi connectivity index (χ0v) is 17.8. The van der Waals surface area contributed by atoms with E-state index in [-0.39, 0.29) is 23.8 Å². The van der Waals surface area contributed by atoms with Crippen molar-refractivity contribution in [1.82, 2.24) is 19.7 Å². The number of thiazole rings is 1. The predicted molar refractivity (Wildman–Crippen MR) is 120 cm³/mol. The fourth-order valence-corrected chi connectivity index (χ4v) is 5.25. The van der Waals surface area contributed by atoms with Gasteiger partial charge < -0.3 is 10.2 Å². The third kappa shape index (κ3) is 3.79. The van der Waals surface area contributed by atoms with E-state index in [0.29, 0.717) is 5.56 Å². The third-order valence-corrected chi connectivity index (χ3v) is 6.79. The number of rotatable bonds is 5. The summed E-state index contributed by atoms with van der Waals surface area (Å²) in [5, 5.41) is 8.55. The molecule has 158 valence electrons. The van der Waals surface area contributed by atoms with E-state index in [1.165, 1.54) is 23.5 Å². The van der Waals surface area contributed by atoms with Crippen molar-refractivity contribution >= 4 is 32.6 Å². The molecule has 1 amide bonds. The van der Waals surface area contributed by atoms with Gasteiger partial charge in [0.1, 0.15) is 5.82 Å². The molecule has 8 heteroatoms. The average Bonchev–Trinajstić information content (AvgIpc) is 3.53. The molecule has 0 aliphatic heterocycles. The second-order valence-electron chi connectivity index (χ2n) is 7.76. The van der Waals surface area contributed by atoms with Crippen molar-refractivity contribution in [1.29, 1.82) is 0 Å². The van der Waals surface area contributed by atoms with Gasteiger partial charge in [-0.15, -0.1) is 0 Å². The van der Waals surface area contributed by atoms with Crippen molar-refractivity contribution in [2.75, 3.05) is 12.4 Å². The van der Waals surface area contributed by atoms with E-state index in [4.69, 9.17) is 0 Å². The quantitative estimate of drug-likeness (QED) is 0.492. The molecule has 2 atom stereocenters. The van der Waals surface area contributed by atoms with Crippen LogP contribution in [-0.2, 0) is 0 Å². The molecule has 0 bridgehead atoms. The number of nitrogens with one attached hydrogen (secondary N) is 1. The fourth-order valence-electron chi connectivity index (χ4n) is 4.30. The van der Waals surface area contributed by atoms with Gasteiger partial charge in [-0.1, -0.05) is 23.5 Å². The summed E-state index contributed by atoms with van der Waals surface area (Å²) in [4.78, 5) is 19.8. The van der Waals surface area contributed by atoms with Gasteiger partial charge in [-0.25, -0.2) is 14.1 Å². The molecule has 0 unspecified atom stereocenters. The second kappa shape index (κ2) is 8.11. The molecule has 0 radical (unpaired) electrons. The van der Waals surface area contributed by atoms with Crippen LogP contribution in [0.15, 0.2) is 60.9 Å². The van der Waals surface area contributed by atoms with Gasteiger partial charge in [0, 0.05) is 25.5 Å². The van der Waals surface area contributed by atoms with Crippen molar-refractivity contribution in [3.8, 4) is 5.69 Å². The molecule has 0 spiro atoms. The van der Waals surface area contributed by atoms with Crippen molar-refractivity contribution in [3.63, 3.8) is 0 Å². The number of fused-ring (bicyclic) bond motifs is 1. The van der Waals surface area contributed by atoms with Crippen LogP contribution in [0.25, 0.3) is 15.9 Å². The molecule has 1 saturated carbocycles. The number of carbonyl (C=O) groups excluding carboxylic acids is 1. The second-order valence-corrected chi connectivity index (χ2v) is 8.79. The Balaban J connectivity index is 1.37. The number of para-hydroxylation sites is 1. The van der Waals surface area contributed by atoms with E-state index in [9.17, 15) is 9.18 Å². The van der Waals surface area contributed by atoms with E-state index in [1.807, 2.05) is 48.5 Å². The number of halogens is 1. The van der Waals surface area contributed by atoms with Crippen LogP contribution in [0, 0.1) is 5.82 Å². The zero-order valence-electron chi connectivity index (χ0n) is 17.0. The predicted octanol–water partition coefficient (Wildman–Crippen LogP) is 4.73. The summed E-state index contributed by atoms with van der Waals surface area (Å²) in [5.41, 5.74) is 2.16. The topological polar surface area (TPSA) is 63.1 Å². The zero-order chi connectivity index (χ0) is 21.4. The first-order valence-corrected chi connectivity index (χ1v) is 11.1. The SMILES string of the molecule is CN(C(=O)c1ccccc1-n1cccn1)[C@H]1CCC[C@H]1Nc1nc2ccc(F)cc2s1. The number of hydrogen-bond acceptors (Lipinski definition) is 5. The molecule has 2 aromatic heterocycles. The molecule has 2 aromatic carbocycles. The summed E-state index contributed by atoms with van der Waals surface area (Å²) < 4.78 is 16.0. The molecule has 5 rings (SSSR count). The number of carbonyl (C=O) groups is 1. The maximum Gasteiger partial charge on any atom is 0.256 e. The molecule has 1 fully saturated rings. The Morgan fingerprint density at radius 2 is 2.10 bits per heavy atom. The highest BCUT2D eigenvalue weighted by Gasteiger charge is 2.34. The van der Waals surface area contributed by atoms with E-state index in [1.54, 1.807) is 16.9 Å². The first kappa shape index (κ1) is 19.7. The molecular weight excluding hydrogens is 413 g/mol. The summed E-state index contributed by atoms with van der Waals surface area (Å²) in [7, 11) is 1.86. The Labute approximate surface area is 183 Å². The highest BCUT2D eigenvalue weighted by atomic mass is 32.1. The normalized spacial score (nSPS) is 18.4. The summed E-state index contributed by atoms with van der Waals surface area (Å²) in [6, 6.07) is 14.1. The first-order chi connectivity index (χ1) is 15.1. The highest BCUT2D eigenvalue weighted by Crippen LogP contribution is 2.32. The van der Waals surface area contributed by atoms with Crippen molar-refractivity contribution in [2.24, 2.45) is 0 Å². The number of hydrogen-bond donors (Lipinski definition) is 1.